The van der Waals surface area contributed by atoms with Crippen molar-refractivity contribution in [2.75, 3.05) is 7.11 Å². The fourth-order valence-electron chi connectivity index (χ4n) is 2.22. The number of halogens is 5. The number of aliphatic hydroxyl groups excluding tert-OH is 1. The molecule has 0 aliphatic rings. The number of rotatable bonds is 5. The van der Waals surface area contributed by atoms with E-state index < -0.39 is 47.7 Å². The highest BCUT2D eigenvalue weighted by Crippen LogP contribution is 2.37. The Labute approximate surface area is 129 Å². The molecule has 1 N–H and O–H groups in total. The Balaban J connectivity index is 3.88. The van der Waals surface area contributed by atoms with E-state index in [0.717, 1.165) is 7.11 Å². The van der Waals surface area contributed by atoms with Gasteiger partial charge in [0.15, 0.2) is 5.69 Å². The normalized spacial score (nSPS) is 12.1. The lowest BCUT2D eigenvalue weighted by Crippen LogP contribution is -2.22. The Bertz CT molecular complexity index is 585. The number of pyridine rings is 1. The maximum atomic E-state index is 13.1. The first-order valence-electron chi connectivity index (χ1n) is 6.64. The van der Waals surface area contributed by atoms with Crippen LogP contribution in [0.2, 0.25) is 0 Å². The molecule has 0 radical (unpaired) electrons. The second-order valence-electron chi connectivity index (χ2n) is 5.22. The average Bonchev–Trinajstić information content (AvgIpc) is 2.43. The fraction of sp³-hybridized carbons (Fsp3) is 0.571. The highest BCUT2D eigenvalue weighted by atomic mass is 19.4. The van der Waals surface area contributed by atoms with Crippen LogP contribution in [-0.4, -0.2) is 23.2 Å². The number of hydrogen-bond donors (Lipinski definition) is 1. The predicted octanol–water partition coefficient (Wildman–Crippen LogP) is 3.52. The first-order chi connectivity index (χ1) is 10.5. The van der Waals surface area contributed by atoms with Gasteiger partial charge in [-0.15, -0.1) is 0 Å². The third-order valence-electron chi connectivity index (χ3n) is 3.08. The molecule has 0 saturated carbocycles. The van der Waals surface area contributed by atoms with Gasteiger partial charge in [0, 0.05) is 5.56 Å². The zero-order valence-corrected chi connectivity index (χ0v) is 12.7. The number of carbonyl (C=O) groups is 1. The highest BCUT2D eigenvalue weighted by Gasteiger charge is 2.40. The molecule has 0 bridgehead atoms. The molecule has 4 nitrogen and oxygen atoms in total. The van der Waals surface area contributed by atoms with Gasteiger partial charge >= 0.3 is 12.1 Å². The molecule has 1 heterocycles. The summed E-state index contributed by atoms with van der Waals surface area (Å²) < 4.78 is 69.9. The van der Waals surface area contributed by atoms with Crippen molar-refractivity contribution in [1.82, 2.24) is 4.98 Å². The molecule has 1 aromatic heterocycles. The lowest BCUT2D eigenvalue weighted by atomic mass is 9.91. The van der Waals surface area contributed by atoms with Crippen LogP contribution in [0.1, 0.15) is 53.1 Å². The number of carbonyl (C=O) groups excluding carboxylic acids is 1. The van der Waals surface area contributed by atoms with Crippen LogP contribution in [0, 0.1) is 5.92 Å². The monoisotopic (exact) mass is 341 g/mol. The van der Waals surface area contributed by atoms with Crippen molar-refractivity contribution in [2.45, 2.75) is 39.5 Å². The number of ether oxygens (including phenoxy) is 1. The molecule has 23 heavy (non-hydrogen) atoms. The number of aliphatic hydroxyl groups is 1. The van der Waals surface area contributed by atoms with Crippen molar-refractivity contribution in [1.29, 1.82) is 0 Å². The Morgan fingerprint density at radius 3 is 2.17 bits per heavy atom. The number of esters is 1. The second kappa shape index (κ2) is 7.20. The van der Waals surface area contributed by atoms with E-state index >= 15 is 0 Å². The Morgan fingerprint density at radius 1 is 1.26 bits per heavy atom. The molecular weight excluding hydrogens is 325 g/mol. The number of aromatic nitrogens is 1. The van der Waals surface area contributed by atoms with Gasteiger partial charge in [-0.05, 0) is 17.9 Å². The molecule has 0 aliphatic carbocycles. The molecule has 1 rings (SSSR count). The van der Waals surface area contributed by atoms with Gasteiger partial charge in [0.1, 0.15) is 5.69 Å². The molecule has 0 fully saturated rings. The number of nitrogens with zero attached hydrogens (tertiary/aromatic N) is 1. The molecule has 0 spiro atoms. The molecule has 0 amide bonds. The van der Waals surface area contributed by atoms with E-state index in [1.165, 1.54) is 0 Å². The molecule has 1 aromatic rings. The van der Waals surface area contributed by atoms with Crippen molar-refractivity contribution in [2.24, 2.45) is 5.92 Å². The van der Waals surface area contributed by atoms with Gasteiger partial charge < -0.3 is 9.84 Å². The smallest absolute Gasteiger partial charge is 0.433 e. The summed E-state index contributed by atoms with van der Waals surface area (Å²) in [5, 5.41) is 9.30. The van der Waals surface area contributed by atoms with Gasteiger partial charge in [-0.25, -0.2) is 18.6 Å². The molecule has 0 aliphatic heterocycles. The minimum absolute atomic E-state index is 0.119. The van der Waals surface area contributed by atoms with E-state index in [4.69, 9.17) is 0 Å². The SMILES string of the molecule is COC(=O)c1c(C(F)F)nc(C(F)(F)F)c(CO)c1CC(C)C. The highest BCUT2D eigenvalue weighted by molar-refractivity contribution is 5.93. The van der Waals surface area contributed by atoms with Crippen LogP contribution >= 0.6 is 0 Å². The van der Waals surface area contributed by atoms with Gasteiger partial charge in [0.2, 0.25) is 0 Å². The Hall–Kier alpha value is -1.77. The van der Waals surface area contributed by atoms with Crippen LogP contribution in [0.15, 0.2) is 0 Å². The minimum atomic E-state index is -5.04. The van der Waals surface area contributed by atoms with E-state index in [9.17, 15) is 31.9 Å². The van der Waals surface area contributed by atoms with Crippen LogP contribution in [0.25, 0.3) is 0 Å². The van der Waals surface area contributed by atoms with Gasteiger partial charge in [-0.3, -0.25) is 0 Å². The first-order valence-corrected chi connectivity index (χ1v) is 6.64. The molecule has 0 atom stereocenters. The molecule has 0 saturated heterocycles. The van der Waals surface area contributed by atoms with Crippen molar-refractivity contribution in [3.8, 4) is 0 Å². The molecule has 9 heteroatoms. The summed E-state index contributed by atoms with van der Waals surface area (Å²) in [5.41, 5.74) is -4.62. The van der Waals surface area contributed by atoms with Crippen molar-refractivity contribution < 1.29 is 36.6 Å². The van der Waals surface area contributed by atoms with Crippen LogP contribution in [0.5, 0.6) is 0 Å². The van der Waals surface area contributed by atoms with Crippen molar-refractivity contribution >= 4 is 5.97 Å². The summed E-state index contributed by atoms with van der Waals surface area (Å²) in [6, 6.07) is 0. The summed E-state index contributed by atoms with van der Waals surface area (Å²) in [6.07, 6.45) is -8.56. The molecule has 0 aromatic carbocycles. The largest absolute Gasteiger partial charge is 0.465 e. The average molecular weight is 341 g/mol. The van der Waals surface area contributed by atoms with E-state index in [0.29, 0.717) is 0 Å². The fourth-order valence-corrected chi connectivity index (χ4v) is 2.22. The molecule has 0 unspecified atom stereocenters. The predicted molar refractivity (Wildman–Crippen MR) is 70.0 cm³/mol. The lowest BCUT2D eigenvalue weighted by molar-refractivity contribution is -0.142. The summed E-state index contributed by atoms with van der Waals surface area (Å²) in [4.78, 5) is 14.7. The topological polar surface area (TPSA) is 59.4 Å². The van der Waals surface area contributed by atoms with E-state index in [2.05, 4.69) is 9.72 Å². The third kappa shape index (κ3) is 4.15. The second-order valence-corrected chi connectivity index (χ2v) is 5.22. The third-order valence-corrected chi connectivity index (χ3v) is 3.08. The van der Waals surface area contributed by atoms with Crippen LogP contribution in [-0.2, 0) is 23.9 Å². The standard InChI is InChI=1S/C14H16F5NO3/c1-6(2)4-7-8(5-21)11(14(17,18)19)20-10(12(15)16)9(7)13(22)23-3/h6,12,21H,4-5H2,1-3H3. The first kappa shape index (κ1) is 19.3. The van der Waals surface area contributed by atoms with E-state index in [-0.39, 0.29) is 17.9 Å². The minimum Gasteiger partial charge on any atom is -0.465 e. The lowest BCUT2D eigenvalue weighted by Gasteiger charge is -2.21. The number of methoxy groups -OCH3 is 1. The molecule has 130 valence electrons. The quantitative estimate of drug-likeness (QED) is 0.658. The van der Waals surface area contributed by atoms with Crippen LogP contribution < -0.4 is 0 Å². The van der Waals surface area contributed by atoms with Crippen LogP contribution in [0.3, 0.4) is 0 Å². The van der Waals surface area contributed by atoms with E-state index in [1.54, 1.807) is 13.8 Å². The van der Waals surface area contributed by atoms with Gasteiger partial charge in [0.25, 0.3) is 6.43 Å². The Morgan fingerprint density at radius 2 is 1.83 bits per heavy atom. The van der Waals surface area contributed by atoms with Gasteiger partial charge in [-0.2, -0.15) is 13.2 Å². The maximum Gasteiger partial charge on any atom is 0.433 e. The summed E-state index contributed by atoms with van der Waals surface area (Å²) in [7, 11) is 0.924. The zero-order chi connectivity index (χ0) is 17.9. The summed E-state index contributed by atoms with van der Waals surface area (Å²) in [5.74, 6) is -1.47. The Kier molecular flexibility index (Phi) is 6.04. The van der Waals surface area contributed by atoms with Crippen LogP contribution in [0.4, 0.5) is 22.0 Å². The van der Waals surface area contributed by atoms with Gasteiger partial charge in [-0.1, -0.05) is 13.8 Å². The maximum absolute atomic E-state index is 13.1. The van der Waals surface area contributed by atoms with Gasteiger partial charge in [0.05, 0.1) is 19.3 Å². The number of alkyl halides is 5. The zero-order valence-electron chi connectivity index (χ0n) is 12.7. The summed E-state index contributed by atoms with van der Waals surface area (Å²) in [6.45, 7) is 2.19. The van der Waals surface area contributed by atoms with Crippen molar-refractivity contribution in [3.05, 3.63) is 28.1 Å². The van der Waals surface area contributed by atoms with Crippen molar-refractivity contribution in [3.63, 3.8) is 0 Å². The number of hydrogen-bond acceptors (Lipinski definition) is 4. The summed E-state index contributed by atoms with van der Waals surface area (Å²) >= 11 is 0. The molecular formula is C14H16F5NO3. The van der Waals surface area contributed by atoms with E-state index in [1.807, 2.05) is 0 Å².